The van der Waals surface area contributed by atoms with Crippen LogP contribution < -0.4 is 5.32 Å². The summed E-state index contributed by atoms with van der Waals surface area (Å²) in [6.45, 7) is -0.423. The van der Waals surface area contributed by atoms with Gasteiger partial charge in [0, 0.05) is 12.1 Å². The Balaban J connectivity index is 1.86. The Labute approximate surface area is 148 Å². The molecule has 1 aromatic rings. The number of nitrogens with one attached hydrogen (secondary N) is 1. The lowest BCUT2D eigenvalue weighted by Gasteiger charge is -2.11. The lowest BCUT2D eigenvalue weighted by Crippen LogP contribution is -2.35. The lowest BCUT2D eigenvalue weighted by atomic mass is 10.1. The largest absolute Gasteiger partial charge is 0.452 e. The van der Waals surface area contributed by atoms with Crippen LogP contribution >= 0.6 is 11.6 Å². The van der Waals surface area contributed by atoms with Crippen LogP contribution in [0.15, 0.2) is 24.3 Å². The van der Waals surface area contributed by atoms with Crippen LogP contribution in [0.3, 0.4) is 0 Å². The van der Waals surface area contributed by atoms with Gasteiger partial charge in [-0.1, -0.05) is 30.5 Å². The predicted molar refractivity (Wildman–Crippen MR) is 86.8 cm³/mol. The second-order valence-corrected chi connectivity index (χ2v) is 6.13. The van der Waals surface area contributed by atoms with E-state index < -0.39 is 29.3 Å². The molecule has 8 heteroatoms. The molecule has 25 heavy (non-hydrogen) atoms. The Bertz CT molecular complexity index is 668. The highest BCUT2D eigenvalue weighted by Crippen LogP contribution is 2.35. The normalized spacial score (nSPS) is 15.5. The molecule has 0 aromatic heterocycles. The first-order valence-corrected chi connectivity index (χ1v) is 8.14. The molecule has 1 amide bonds. The van der Waals surface area contributed by atoms with E-state index in [4.69, 9.17) is 16.3 Å². The molecule has 4 nitrogen and oxygen atoms in total. The number of hydrogen-bond donors (Lipinski definition) is 1. The molecule has 0 spiro atoms. The van der Waals surface area contributed by atoms with E-state index in [2.05, 4.69) is 5.32 Å². The first-order chi connectivity index (χ1) is 11.8. The molecular weight excluding hydrogens is 359 g/mol. The zero-order valence-corrected chi connectivity index (χ0v) is 14.0. The van der Waals surface area contributed by atoms with Gasteiger partial charge < -0.3 is 10.1 Å². The monoisotopic (exact) mass is 375 g/mol. The molecule has 2 rings (SSSR count). The standard InChI is InChI=1S/C17H17ClF3NO3/c18-14-7-5-11(9-13(14)17(19,20)21)6-8-16(24)25-10-15(23)22-12-3-1-2-4-12/h5-9,12H,1-4,10H2,(H,22,23)/b8-6+. The van der Waals surface area contributed by atoms with Crippen LogP contribution in [-0.4, -0.2) is 24.5 Å². The van der Waals surface area contributed by atoms with E-state index in [1.54, 1.807) is 0 Å². The van der Waals surface area contributed by atoms with E-state index >= 15 is 0 Å². The second-order valence-electron chi connectivity index (χ2n) is 5.73. The highest BCUT2D eigenvalue weighted by Gasteiger charge is 2.33. The molecule has 1 aromatic carbocycles. The zero-order chi connectivity index (χ0) is 18.4. The van der Waals surface area contributed by atoms with Crippen LogP contribution in [0.1, 0.15) is 36.8 Å². The number of alkyl halides is 3. The third-order valence-electron chi connectivity index (χ3n) is 3.77. The number of carbonyl (C=O) groups excluding carboxylic acids is 2. The summed E-state index contributed by atoms with van der Waals surface area (Å²) in [5.41, 5.74) is -0.843. The van der Waals surface area contributed by atoms with E-state index in [1.807, 2.05) is 0 Å². The third-order valence-corrected chi connectivity index (χ3v) is 4.10. The Hall–Kier alpha value is -2.02. The Morgan fingerprint density at radius 2 is 1.96 bits per heavy atom. The molecule has 0 unspecified atom stereocenters. The summed E-state index contributed by atoms with van der Waals surface area (Å²) in [5, 5.41) is 2.34. The Morgan fingerprint density at radius 3 is 2.60 bits per heavy atom. The number of hydrogen-bond acceptors (Lipinski definition) is 3. The molecule has 0 heterocycles. The SMILES string of the molecule is O=C(COC(=O)/C=C/c1ccc(Cl)c(C(F)(F)F)c1)NC1CCCC1. The molecule has 1 fully saturated rings. The first-order valence-electron chi connectivity index (χ1n) is 7.76. The van der Waals surface area contributed by atoms with Crippen molar-refractivity contribution in [3.05, 3.63) is 40.4 Å². The maximum atomic E-state index is 12.8. The van der Waals surface area contributed by atoms with Gasteiger partial charge in [-0.3, -0.25) is 4.79 Å². The van der Waals surface area contributed by atoms with Crippen LogP contribution in [0.4, 0.5) is 13.2 Å². The van der Waals surface area contributed by atoms with Crippen molar-refractivity contribution in [2.75, 3.05) is 6.61 Å². The van der Waals surface area contributed by atoms with Crippen LogP contribution in [0, 0.1) is 0 Å². The molecule has 0 radical (unpaired) electrons. The third kappa shape index (κ3) is 6.08. The summed E-state index contributed by atoms with van der Waals surface area (Å²) in [5.74, 6) is -1.20. The number of esters is 1. The summed E-state index contributed by atoms with van der Waals surface area (Å²) in [6.07, 6.45) is 1.51. The maximum absolute atomic E-state index is 12.8. The van der Waals surface area contributed by atoms with Crippen molar-refractivity contribution in [1.82, 2.24) is 5.32 Å². The molecule has 0 bridgehead atoms. The van der Waals surface area contributed by atoms with Crippen LogP contribution in [-0.2, 0) is 20.5 Å². The number of ether oxygens (including phenoxy) is 1. The molecule has 1 N–H and O–H groups in total. The highest BCUT2D eigenvalue weighted by molar-refractivity contribution is 6.31. The average Bonchev–Trinajstić information content (AvgIpc) is 3.04. The van der Waals surface area contributed by atoms with Crippen LogP contribution in [0.2, 0.25) is 5.02 Å². The number of carbonyl (C=O) groups is 2. The van der Waals surface area contributed by atoms with Gasteiger partial charge in [0.2, 0.25) is 0 Å². The van der Waals surface area contributed by atoms with E-state index in [9.17, 15) is 22.8 Å². The highest BCUT2D eigenvalue weighted by atomic mass is 35.5. The predicted octanol–water partition coefficient (Wildman–Crippen LogP) is 3.97. The fourth-order valence-electron chi connectivity index (χ4n) is 2.55. The topological polar surface area (TPSA) is 55.4 Å². The minimum atomic E-state index is -4.58. The zero-order valence-electron chi connectivity index (χ0n) is 13.2. The van der Waals surface area contributed by atoms with E-state index in [1.165, 1.54) is 12.1 Å². The van der Waals surface area contributed by atoms with E-state index in [0.29, 0.717) is 0 Å². The van der Waals surface area contributed by atoms with Crippen molar-refractivity contribution in [1.29, 1.82) is 0 Å². The van der Waals surface area contributed by atoms with E-state index in [-0.39, 0.29) is 17.5 Å². The van der Waals surface area contributed by atoms with E-state index in [0.717, 1.165) is 43.9 Å². The van der Waals surface area contributed by atoms with Crippen molar-refractivity contribution in [2.24, 2.45) is 0 Å². The summed E-state index contributed by atoms with van der Waals surface area (Å²) in [4.78, 5) is 23.2. The van der Waals surface area contributed by atoms with Gasteiger partial charge in [-0.25, -0.2) is 4.79 Å². The number of rotatable bonds is 5. The summed E-state index contributed by atoms with van der Waals surface area (Å²) < 4.78 is 43.0. The van der Waals surface area contributed by atoms with Gasteiger partial charge in [-0.15, -0.1) is 0 Å². The molecule has 1 aliphatic carbocycles. The summed E-state index contributed by atoms with van der Waals surface area (Å²) in [7, 11) is 0. The molecule has 0 saturated heterocycles. The van der Waals surface area contributed by atoms with Crippen molar-refractivity contribution in [3.8, 4) is 0 Å². The van der Waals surface area contributed by atoms with Crippen LogP contribution in [0.5, 0.6) is 0 Å². The van der Waals surface area contributed by atoms with Gasteiger partial charge in [0.25, 0.3) is 5.91 Å². The summed E-state index contributed by atoms with van der Waals surface area (Å²) in [6, 6.07) is 3.40. The second kappa shape index (κ2) is 8.38. The number of amides is 1. The molecule has 1 saturated carbocycles. The first kappa shape index (κ1) is 19.3. The molecule has 0 aliphatic heterocycles. The van der Waals surface area contributed by atoms with Crippen molar-refractivity contribution < 1.29 is 27.5 Å². The lowest BCUT2D eigenvalue weighted by molar-refractivity contribution is -0.144. The Kier molecular flexibility index (Phi) is 6.47. The minimum absolute atomic E-state index is 0.122. The molecule has 0 atom stereocenters. The fraction of sp³-hybridized carbons (Fsp3) is 0.412. The van der Waals surface area contributed by atoms with Gasteiger partial charge in [-0.05, 0) is 36.6 Å². The fourth-order valence-corrected chi connectivity index (χ4v) is 2.78. The average molecular weight is 376 g/mol. The smallest absolute Gasteiger partial charge is 0.417 e. The quantitative estimate of drug-likeness (QED) is 0.625. The molecule has 1 aliphatic rings. The van der Waals surface area contributed by atoms with Gasteiger partial charge >= 0.3 is 12.1 Å². The van der Waals surface area contributed by atoms with Gasteiger partial charge in [0.1, 0.15) is 0 Å². The summed E-state index contributed by atoms with van der Waals surface area (Å²) >= 11 is 5.52. The van der Waals surface area contributed by atoms with Gasteiger partial charge in [-0.2, -0.15) is 13.2 Å². The molecular formula is C17H17ClF3NO3. The van der Waals surface area contributed by atoms with Crippen molar-refractivity contribution in [3.63, 3.8) is 0 Å². The molecule has 136 valence electrons. The van der Waals surface area contributed by atoms with Crippen molar-refractivity contribution >= 4 is 29.6 Å². The van der Waals surface area contributed by atoms with Crippen molar-refractivity contribution in [2.45, 2.75) is 37.9 Å². The Morgan fingerprint density at radius 1 is 1.28 bits per heavy atom. The van der Waals surface area contributed by atoms with Gasteiger partial charge in [0.05, 0.1) is 10.6 Å². The number of benzene rings is 1. The van der Waals surface area contributed by atoms with Gasteiger partial charge in [0.15, 0.2) is 6.61 Å². The minimum Gasteiger partial charge on any atom is -0.452 e. The maximum Gasteiger partial charge on any atom is 0.417 e. The number of halogens is 4. The van der Waals surface area contributed by atoms with Crippen LogP contribution in [0.25, 0.3) is 6.08 Å².